The molecule has 1 N–H and O–H groups in total. The molecule has 0 amide bonds. The number of aromatic carboxylic acids is 1. The molecular weight excluding hydrogens is 308 g/mol. The molecular formula is C17H18N4O3. The molecule has 2 aromatic heterocycles. The zero-order valence-electron chi connectivity index (χ0n) is 13.7. The van der Waals surface area contributed by atoms with Gasteiger partial charge in [0.15, 0.2) is 5.65 Å². The Kier molecular flexibility index (Phi) is 4.07. The fourth-order valence-corrected chi connectivity index (χ4v) is 2.64. The number of anilines is 1. The average molecular weight is 326 g/mol. The Morgan fingerprint density at radius 3 is 2.79 bits per heavy atom. The number of carboxylic acid groups (broad SMARTS) is 1. The molecule has 0 saturated heterocycles. The highest BCUT2D eigenvalue weighted by atomic mass is 16.5. The SMILES string of the molecule is COc1cc(Cn2c(N(C)C)nc3ncccc32)ccc1C(=O)O. The summed E-state index contributed by atoms with van der Waals surface area (Å²) in [5.41, 5.74) is 2.66. The van der Waals surface area contributed by atoms with Gasteiger partial charge in [-0.2, -0.15) is 4.98 Å². The second-order valence-corrected chi connectivity index (χ2v) is 5.58. The highest BCUT2D eigenvalue weighted by Gasteiger charge is 2.15. The Hall–Kier alpha value is -3.09. The Balaban J connectivity index is 2.07. The van der Waals surface area contributed by atoms with E-state index in [2.05, 4.69) is 9.97 Å². The fraction of sp³-hybridized carbons (Fsp3) is 0.235. The number of carbonyl (C=O) groups is 1. The van der Waals surface area contributed by atoms with Crippen LogP contribution in [0.1, 0.15) is 15.9 Å². The number of benzene rings is 1. The maximum atomic E-state index is 11.2. The van der Waals surface area contributed by atoms with E-state index < -0.39 is 5.97 Å². The second kappa shape index (κ2) is 6.19. The lowest BCUT2D eigenvalue weighted by molar-refractivity contribution is 0.0693. The lowest BCUT2D eigenvalue weighted by Crippen LogP contribution is -2.16. The first-order valence-corrected chi connectivity index (χ1v) is 7.40. The first kappa shape index (κ1) is 15.8. The van der Waals surface area contributed by atoms with Crippen LogP contribution in [0.15, 0.2) is 36.5 Å². The minimum absolute atomic E-state index is 0.145. The molecule has 0 bridgehead atoms. The van der Waals surface area contributed by atoms with Gasteiger partial charge >= 0.3 is 5.97 Å². The van der Waals surface area contributed by atoms with E-state index in [0.29, 0.717) is 17.9 Å². The molecule has 0 atom stereocenters. The highest BCUT2D eigenvalue weighted by Crippen LogP contribution is 2.25. The first-order valence-electron chi connectivity index (χ1n) is 7.40. The van der Waals surface area contributed by atoms with Crippen LogP contribution < -0.4 is 9.64 Å². The Labute approximate surface area is 139 Å². The van der Waals surface area contributed by atoms with Gasteiger partial charge in [0.2, 0.25) is 5.95 Å². The lowest BCUT2D eigenvalue weighted by atomic mass is 10.1. The van der Waals surface area contributed by atoms with Crippen LogP contribution in [0.2, 0.25) is 0 Å². The summed E-state index contributed by atoms with van der Waals surface area (Å²) >= 11 is 0. The van der Waals surface area contributed by atoms with E-state index in [1.807, 2.05) is 35.7 Å². The van der Waals surface area contributed by atoms with Crippen molar-refractivity contribution in [1.29, 1.82) is 0 Å². The largest absolute Gasteiger partial charge is 0.496 e. The van der Waals surface area contributed by atoms with Gasteiger partial charge in [0.1, 0.15) is 11.3 Å². The van der Waals surface area contributed by atoms with Crippen LogP contribution in [0.5, 0.6) is 5.75 Å². The number of hydrogen-bond donors (Lipinski definition) is 1. The normalized spacial score (nSPS) is 10.8. The summed E-state index contributed by atoms with van der Waals surface area (Å²) < 4.78 is 7.24. The molecule has 124 valence electrons. The maximum Gasteiger partial charge on any atom is 0.339 e. The van der Waals surface area contributed by atoms with Crippen molar-refractivity contribution >= 4 is 23.1 Å². The van der Waals surface area contributed by atoms with Crippen LogP contribution in [0.3, 0.4) is 0 Å². The number of nitrogens with zero attached hydrogens (tertiary/aromatic N) is 4. The van der Waals surface area contributed by atoms with E-state index in [-0.39, 0.29) is 5.56 Å². The van der Waals surface area contributed by atoms with Crippen molar-refractivity contribution < 1.29 is 14.6 Å². The molecule has 7 nitrogen and oxygen atoms in total. The Bertz CT molecular complexity index is 902. The molecule has 0 aliphatic rings. The molecule has 2 heterocycles. The van der Waals surface area contributed by atoms with Crippen molar-refractivity contribution in [3.8, 4) is 5.75 Å². The predicted octanol–water partition coefficient (Wildman–Crippen LogP) is 2.25. The molecule has 0 aliphatic heterocycles. The highest BCUT2D eigenvalue weighted by molar-refractivity contribution is 5.91. The quantitative estimate of drug-likeness (QED) is 0.774. The fourth-order valence-electron chi connectivity index (χ4n) is 2.64. The third-order valence-electron chi connectivity index (χ3n) is 3.74. The molecule has 0 saturated carbocycles. The number of aromatic nitrogens is 3. The lowest BCUT2D eigenvalue weighted by Gasteiger charge is -2.15. The number of hydrogen-bond acceptors (Lipinski definition) is 5. The molecule has 0 aliphatic carbocycles. The van der Waals surface area contributed by atoms with E-state index in [4.69, 9.17) is 4.74 Å². The van der Waals surface area contributed by atoms with Crippen LogP contribution in [0.4, 0.5) is 5.95 Å². The number of carboxylic acids is 1. The number of fused-ring (bicyclic) bond motifs is 1. The van der Waals surface area contributed by atoms with Crippen molar-refractivity contribution in [3.63, 3.8) is 0 Å². The number of pyridine rings is 1. The molecule has 0 radical (unpaired) electrons. The molecule has 3 aromatic rings. The minimum Gasteiger partial charge on any atom is -0.496 e. The van der Waals surface area contributed by atoms with Crippen molar-refractivity contribution in [3.05, 3.63) is 47.7 Å². The van der Waals surface area contributed by atoms with E-state index in [0.717, 1.165) is 17.0 Å². The van der Waals surface area contributed by atoms with E-state index in [1.165, 1.54) is 7.11 Å². The zero-order valence-corrected chi connectivity index (χ0v) is 13.7. The van der Waals surface area contributed by atoms with Crippen LogP contribution in [-0.4, -0.2) is 46.8 Å². The van der Waals surface area contributed by atoms with Crippen molar-refractivity contribution in [1.82, 2.24) is 14.5 Å². The molecule has 3 rings (SSSR count). The third-order valence-corrected chi connectivity index (χ3v) is 3.74. The Morgan fingerprint density at radius 2 is 2.12 bits per heavy atom. The summed E-state index contributed by atoms with van der Waals surface area (Å²) in [5, 5.41) is 9.19. The summed E-state index contributed by atoms with van der Waals surface area (Å²) in [6.45, 7) is 0.534. The number of ether oxygens (including phenoxy) is 1. The first-order chi connectivity index (χ1) is 11.5. The molecule has 0 fully saturated rings. The number of rotatable bonds is 5. The predicted molar refractivity (Wildman–Crippen MR) is 90.9 cm³/mol. The number of methoxy groups -OCH3 is 1. The molecule has 0 spiro atoms. The molecule has 24 heavy (non-hydrogen) atoms. The van der Waals surface area contributed by atoms with Crippen LogP contribution in [-0.2, 0) is 6.54 Å². The Morgan fingerprint density at radius 1 is 1.33 bits per heavy atom. The summed E-state index contributed by atoms with van der Waals surface area (Å²) in [5.74, 6) is 0.114. The van der Waals surface area contributed by atoms with Gasteiger partial charge in [-0.1, -0.05) is 6.07 Å². The van der Waals surface area contributed by atoms with Crippen molar-refractivity contribution in [2.75, 3.05) is 26.1 Å². The zero-order chi connectivity index (χ0) is 17.3. The van der Waals surface area contributed by atoms with Crippen LogP contribution >= 0.6 is 0 Å². The third kappa shape index (κ3) is 2.76. The van der Waals surface area contributed by atoms with Gasteiger partial charge < -0.3 is 19.3 Å². The van der Waals surface area contributed by atoms with E-state index in [9.17, 15) is 9.90 Å². The minimum atomic E-state index is -1.01. The van der Waals surface area contributed by atoms with Gasteiger partial charge in [0, 0.05) is 20.3 Å². The maximum absolute atomic E-state index is 11.2. The van der Waals surface area contributed by atoms with Gasteiger partial charge in [-0.05, 0) is 29.8 Å². The summed E-state index contributed by atoms with van der Waals surface area (Å²) in [6.07, 6.45) is 1.71. The standard InChI is InChI=1S/C17H18N4O3/c1-20(2)17-19-15-13(5-4-8-18-15)21(17)10-11-6-7-12(16(22)23)14(9-11)24-3/h4-9H,10H2,1-3H3,(H,22,23). The summed E-state index contributed by atoms with van der Waals surface area (Å²) in [6, 6.07) is 8.92. The molecule has 7 heteroatoms. The van der Waals surface area contributed by atoms with Gasteiger partial charge in [-0.3, -0.25) is 0 Å². The topological polar surface area (TPSA) is 80.5 Å². The van der Waals surface area contributed by atoms with Gasteiger partial charge in [0.05, 0.1) is 19.2 Å². The van der Waals surface area contributed by atoms with Crippen LogP contribution in [0.25, 0.3) is 11.2 Å². The smallest absolute Gasteiger partial charge is 0.339 e. The van der Waals surface area contributed by atoms with Gasteiger partial charge in [0.25, 0.3) is 0 Å². The van der Waals surface area contributed by atoms with E-state index in [1.54, 1.807) is 24.4 Å². The monoisotopic (exact) mass is 326 g/mol. The summed E-state index contributed by atoms with van der Waals surface area (Å²) in [4.78, 5) is 22.0. The molecule has 0 unspecified atom stereocenters. The van der Waals surface area contributed by atoms with Gasteiger partial charge in [-0.15, -0.1) is 0 Å². The summed E-state index contributed by atoms with van der Waals surface area (Å²) in [7, 11) is 5.31. The second-order valence-electron chi connectivity index (χ2n) is 5.58. The number of imidazole rings is 1. The van der Waals surface area contributed by atoms with E-state index >= 15 is 0 Å². The molecule has 1 aromatic carbocycles. The van der Waals surface area contributed by atoms with Crippen LogP contribution in [0, 0.1) is 0 Å². The van der Waals surface area contributed by atoms with Crippen molar-refractivity contribution in [2.45, 2.75) is 6.54 Å². The average Bonchev–Trinajstić information content (AvgIpc) is 2.93. The van der Waals surface area contributed by atoms with Crippen molar-refractivity contribution in [2.24, 2.45) is 0 Å². The van der Waals surface area contributed by atoms with Gasteiger partial charge in [-0.25, -0.2) is 9.78 Å².